The molecule has 15 heavy (non-hydrogen) atoms. The number of rotatable bonds is 7. The predicted molar refractivity (Wildman–Crippen MR) is 60.9 cm³/mol. The second-order valence-corrected chi connectivity index (χ2v) is 4.81. The zero-order valence-corrected chi connectivity index (χ0v) is 10.4. The molecule has 0 spiro atoms. The summed E-state index contributed by atoms with van der Waals surface area (Å²) in [6.07, 6.45) is -0.870. The summed E-state index contributed by atoms with van der Waals surface area (Å²) in [7, 11) is 0. The number of ether oxygens (including phenoxy) is 1. The van der Waals surface area contributed by atoms with Crippen LogP contribution in [0.4, 0.5) is 0 Å². The van der Waals surface area contributed by atoms with E-state index in [0.29, 0.717) is 13.2 Å². The Morgan fingerprint density at radius 3 is 2.13 bits per heavy atom. The maximum atomic E-state index is 9.57. The van der Waals surface area contributed by atoms with Crippen LogP contribution in [0.5, 0.6) is 0 Å². The van der Waals surface area contributed by atoms with Crippen LogP contribution in [0, 0.1) is 0 Å². The van der Waals surface area contributed by atoms with E-state index in [1.165, 1.54) is 0 Å². The molecule has 0 radical (unpaired) electrons. The lowest BCUT2D eigenvalue weighted by molar-refractivity contribution is -0.000575. The Bertz CT molecular complexity index is 169. The van der Waals surface area contributed by atoms with Crippen molar-refractivity contribution >= 4 is 0 Å². The van der Waals surface area contributed by atoms with Crippen molar-refractivity contribution in [3.05, 3.63) is 0 Å². The maximum Gasteiger partial charge on any atom is 0.0898 e. The van der Waals surface area contributed by atoms with Gasteiger partial charge in [0.2, 0.25) is 0 Å². The quantitative estimate of drug-likeness (QED) is 0.584. The first kappa shape index (κ1) is 14.8. The first-order valence-corrected chi connectivity index (χ1v) is 5.48. The monoisotopic (exact) mass is 219 g/mol. The van der Waals surface area contributed by atoms with E-state index in [4.69, 9.17) is 4.74 Å². The molecule has 0 saturated heterocycles. The van der Waals surface area contributed by atoms with Gasteiger partial charge in [0.15, 0.2) is 0 Å². The Morgan fingerprint density at radius 2 is 1.73 bits per heavy atom. The van der Waals surface area contributed by atoms with E-state index in [0.717, 1.165) is 0 Å². The minimum atomic E-state index is -0.537. The highest BCUT2D eigenvalue weighted by molar-refractivity contribution is 4.83. The van der Waals surface area contributed by atoms with Gasteiger partial charge in [-0.05, 0) is 34.6 Å². The van der Waals surface area contributed by atoms with Gasteiger partial charge in [-0.15, -0.1) is 0 Å². The summed E-state index contributed by atoms with van der Waals surface area (Å²) in [5.41, 5.74) is -0.390. The van der Waals surface area contributed by atoms with Gasteiger partial charge < -0.3 is 20.3 Å². The number of hydrogen-bond donors (Lipinski definition) is 3. The standard InChI is InChI=1S/C11H25NO3/c1-8(2)15-7-10(14)6-12-11(4,5)9(3)13/h8-10,12-14H,6-7H2,1-5H3. The van der Waals surface area contributed by atoms with Gasteiger partial charge in [-0.1, -0.05) is 0 Å². The molecular weight excluding hydrogens is 194 g/mol. The number of aliphatic hydroxyl groups is 2. The molecule has 0 heterocycles. The SMILES string of the molecule is CC(C)OCC(O)CNC(C)(C)C(C)O. The van der Waals surface area contributed by atoms with E-state index >= 15 is 0 Å². The van der Waals surface area contributed by atoms with Gasteiger partial charge in [-0.2, -0.15) is 0 Å². The molecule has 0 aliphatic carbocycles. The van der Waals surface area contributed by atoms with Crippen molar-refractivity contribution < 1.29 is 14.9 Å². The van der Waals surface area contributed by atoms with Crippen LogP contribution in [0.3, 0.4) is 0 Å². The van der Waals surface area contributed by atoms with E-state index in [1.54, 1.807) is 6.92 Å². The first-order valence-electron chi connectivity index (χ1n) is 5.48. The van der Waals surface area contributed by atoms with Crippen molar-refractivity contribution in [1.82, 2.24) is 5.32 Å². The van der Waals surface area contributed by atoms with E-state index in [-0.39, 0.29) is 6.10 Å². The molecule has 0 aliphatic heterocycles. The van der Waals surface area contributed by atoms with Gasteiger partial charge in [-0.3, -0.25) is 0 Å². The summed E-state index contributed by atoms with van der Waals surface area (Å²) in [5, 5.41) is 22.1. The zero-order valence-electron chi connectivity index (χ0n) is 10.4. The topological polar surface area (TPSA) is 61.7 Å². The molecule has 0 fully saturated rings. The summed E-state index contributed by atoms with van der Waals surface area (Å²) >= 11 is 0. The predicted octanol–water partition coefficient (Wildman–Crippen LogP) is 0.521. The molecule has 0 aromatic carbocycles. The summed E-state index contributed by atoms with van der Waals surface area (Å²) in [5.74, 6) is 0. The van der Waals surface area contributed by atoms with Crippen molar-refractivity contribution in [2.24, 2.45) is 0 Å². The van der Waals surface area contributed by atoms with Crippen LogP contribution in [0.15, 0.2) is 0 Å². The van der Waals surface area contributed by atoms with E-state index in [1.807, 2.05) is 27.7 Å². The highest BCUT2D eigenvalue weighted by atomic mass is 16.5. The molecule has 0 rings (SSSR count). The summed E-state index contributed by atoms with van der Waals surface area (Å²) in [4.78, 5) is 0. The Hall–Kier alpha value is -0.160. The fraction of sp³-hybridized carbons (Fsp3) is 1.00. The van der Waals surface area contributed by atoms with Gasteiger partial charge in [0.25, 0.3) is 0 Å². The Labute approximate surface area is 92.6 Å². The molecule has 2 atom stereocenters. The lowest BCUT2D eigenvalue weighted by Gasteiger charge is -2.30. The average Bonchev–Trinajstić information content (AvgIpc) is 2.11. The fourth-order valence-corrected chi connectivity index (χ4v) is 0.891. The second-order valence-electron chi connectivity index (χ2n) is 4.81. The third-order valence-electron chi connectivity index (χ3n) is 2.46. The lowest BCUT2D eigenvalue weighted by Crippen LogP contribution is -2.51. The molecule has 4 nitrogen and oxygen atoms in total. The normalized spacial score (nSPS) is 16.8. The average molecular weight is 219 g/mol. The van der Waals surface area contributed by atoms with E-state index < -0.39 is 17.7 Å². The molecule has 0 aromatic heterocycles. The van der Waals surface area contributed by atoms with E-state index in [2.05, 4.69) is 5.32 Å². The fourth-order valence-electron chi connectivity index (χ4n) is 0.891. The molecule has 4 heteroatoms. The summed E-state index contributed by atoms with van der Waals surface area (Å²) in [6.45, 7) is 10.1. The number of aliphatic hydroxyl groups excluding tert-OH is 2. The molecule has 2 unspecified atom stereocenters. The Balaban J connectivity index is 3.75. The molecule has 0 aliphatic rings. The molecule has 92 valence electrons. The van der Waals surface area contributed by atoms with Gasteiger partial charge in [0.05, 0.1) is 24.9 Å². The largest absolute Gasteiger partial charge is 0.392 e. The molecule has 3 N–H and O–H groups in total. The second kappa shape index (κ2) is 6.43. The van der Waals surface area contributed by atoms with Crippen molar-refractivity contribution in [2.45, 2.75) is 58.5 Å². The van der Waals surface area contributed by atoms with Crippen LogP contribution in [0.2, 0.25) is 0 Å². The van der Waals surface area contributed by atoms with Crippen LogP contribution in [0.25, 0.3) is 0 Å². The van der Waals surface area contributed by atoms with E-state index in [9.17, 15) is 10.2 Å². The minimum Gasteiger partial charge on any atom is -0.392 e. The first-order chi connectivity index (χ1) is 6.75. The number of hydrogen-bond acceptors (Lipinski definition) is 4. The van der Waals surface area contributed by atoms with Crippen LogP contribution in [-0.4, -0.2) is 47.2 Å². The van der Waals surface area contributed by atoms with Crippen LogP contribution in [0.1, 0.15) is 34.6 Å². The van der Waals surface area contributed by atoms with Gasteiger partial charge >= 0.3 is 0 Å². The molecule has 0 bridgehead atoms. The Kier molecular flexibility index (Phi) is 6.36. The number of β-amino-alcohol motifs (C(OH)–C–C–N with tert-alkyl or cyclic N) is 1. The molecule has 0 amide bonds. The zero-order chi connectivity index (χ0) is 12.1. The van der Waals surface area contributed by atoms with Crippen LogP contribution in [-0.2, 0) is 4.74 Å². The van der Waals surface area contributed by atoms with Gasteiger partial charge in [0, 0.05) is 12.1 Å². The molecular formula is C11H25NO3. The molecule has 0 aromatic rings. The number of nitrogens with one attached hydrogen (secondary N) is 1. The maximum absolute atomic E-state index is 9.57. The lowest BCUT2D eigenvalue weighted by atomic mass is 9.99. The van der Waals surface area contributed by atoms with Gasteiger partial charge in [0.1, 0.15) is 0 Å². The van der Waals surface area contributed by atoms with Crippen molar-refractivity contribution in [2.75, 3.05) is 13.2 Å². The highest BCUT2D eigenvalue weighted by Crippen LogP contribution is 2.07. The Morgan fingerprint density at radius 1 is 1.20 bits per heavy atom. The van der Waals surface area contributed by atoms with Crippen LogP contribution < -0.4 is 5.32 Å². The smallest absolute Gasteiger partial charge is 0.0898 e. The van der Waals surface area contributed by atoms with Crippen molar-refractivity contribution in [1.29, 1.82) is 0 Å². The summed E-state index contributed by atoms with van der Waals surface area (Å²) in [6, 6.07) is 0. The van der Waals surface area contributed by atoms with Crippen molar-refractivity contribution in [3.8, 4) is 0 Å². The van der Waals surface area contributed by atoms with Crippen LogP contribution >= 0.6 is 0 Å². The highest BCUT2D eigenvalue weighted by Gasteiger charge is 2.24. The third kappa shape index (κ3) is 6.84. The van der Waals surface area contributed by atoms with Gasteiger partial charge in [-0.25, -0.2) is 0 Å². The molecule has 0 saturated carbocycles. The van der Waals surface area contributed by atoms with Crippen molar-refractivity contribution in [3.63, 3.8) is 0 Å². The minimum absolute atomic E-state index is 0.129. The third-order valence-corrected chi connectivity index (χ3v) is 2.46. The summed E-state index contributed by atoms with van der Waals surface area (Å²) < 4.78 is 5.28.